The van der Waals surface area contributed by atoms with E-state index in [1.165, 1.54) is 44.2 Å². The Morgan fingerprint density at radius 1 is 1.03 bits per heavy atom. The van der Waals surface area contributed by atoms with Crippen molar-refractivity contribution in [2.24, 2.45) is 5.92 Å². The van der Waals surface area contributed by atoms with Crippen LogP contribution in [0.4, 0.5) is 0 Å². The summed E-state index contributed by atoms with van der Waals surface area (Å²) in [6, 6.07) is 4.28. The highest BCUT2D eigenvalue weighted by atomic mass is 32.2. The fraction of sp³-hybridized carbons (Fsp3) is 0.708. The van der Waals surface area contributed by atoms with Gasteiger partial charge in [0.2, 0.25) is 15.9 Å². The summed E-state index contributed by atoms with van der Waals surface area (Å²) in [5, 5.41) is 0. The quantitative estimate of drug-likeness (QED) is 0.584. The van der Waals surface area contributed by atoms with Gasteiger partial charge in [-0.1, -0.05) is 33.1 Å². The first-order valence-corrected chi connectivity index (χ1v) is 13.5. The number of benzene rings is 1. The van der Waals surface area contributed by atoms with Crippen LogP contribution in [-0.4, -0.2) is 76.6 Å². The van der Waals surface area contributed by atoms with Crippen molar-refractivity contribution in [2.45, 2.75) is 69.4 Å². The topological polar surface area (TPSA) is 88.2 Å². The van der Waals surface area contributed by atoms with Crippen molar-refractivity contribution in [1.82, 2.24) is 14.5 Å². The number of hydrogen-bond donors (Lipinski definition) is 1. The predicted octanol–water partition coefficient (Wildman–Crippen LogP) is 2.87. The molecule has 1 aromatic rings. The van der Waals surface area contributed by atoms with E-state index < -0.39 is 16.1 Å². The van der Waals surface area contributed by atoms with Crippen LogP contribution in [0.25, 0.3) is 0 Å². The number of ether oxygens (including phenoxy) is 2. The maximum atomic E-state index is 13.2. The molecule has 9 heteroatoms. The van der Waals surface area contributed by atoms with Crippen LogP contribution >= 0.6 is 0 Å². The zero-order chi connectivity index (χ0) is 24.0. The third-order valence-corrected chi connectivity index (χ3v) is 8.05. The number of fused-ring (bicyclic) bond motifs is 1. The third kappa shape index (κ3) is 6.83. The van der Waals surface area contributed by atoms with Gasteiger partial charge in [0, 0.05) is 38.7 Å². The van der Waals surface area contributed by atoms with Crippen molar-refractivity contribution in [3.05, 3.63) is 18.2 Å². The minimum Gasteiger partial charge on any atom is -0.490 e. The van der Waals surface area contributed by atoms with Crippen LogP contribution in [0.3, 0.4) is 0 Å². The summed E-state index contributed by atoms with van der Waals surface area (Å²) in [7, 11) is -0.0638. The van der Waals surface area contributed by atoms with E-state index in [0.717, 1.165) is 13.0 Å². The number of rotatable bonds is 9. The van der Waals surface area contributed by atoms with Crippen LogP contribution in [0.1, 0.15) is 52.4 Å². The molecule has 33 heavy (non-hydrogen) atoms. The van der Waals surface area contributed by atoms with E-state index in [1.807, 2.05) is 13.8 Å². The van der Waals surface area contributed by atoms with Gasteiger partial charge in [-0.15, -0.1) is 0 Å². The minimum atomic E-state index is -3.92. The monoisotopic (exact) mass is 481 g/mol. The Bertz CT molecular complexity index is 899. The maximum absolute atomic E-state index is 13.2. The molecule has 0 aromatic heterocycles. The van der Waals surface area contributed by atoms with Crippen LogP contribution in [-0.2, 0) is 14.8 Å². The highest BCUT2D eigenvalue weighted by molar-refractivity contribution is 7.89. The molecular formula is C24H39N3O5S. The minimum absolute atomic E-state index is 0.0601. The summed E-state index contributed by atoms with van der Waals surface area (Å²) in [5.41, 5.74) is 0. The van der Waals surface area contributed by atoms with Gasteiger partial charge in [0.05, 0.1) is 18.1 Å². The molecule has 0 saturated heterocycles. The van der Waals surface area contributed by atoms with Crippen molar-refractivity contribution in [3.8, 4) is 11.5 Å². The van der Waals surface area contributed by atoms with Gasteiger partial charge in [0.15, 0.2) is 11.5 Å². The number of sulfonamides is 1. The largest absolute Gasteiger partial charge is 0.490 e. The van der Waals surface area contributed by atoms with E-state index in [2.05, 4.69) is 16.7 Å². The van der Waals surface area contributed by atoms with Gasteiger partial charge in [-0.3, -0.25) is 4.79 Å². The lowest BCUT2D eigenvalue weighted by Gasteiger charge is -2.33. The fourth-order valence-corrected chi connectivity index (χ4v) is 5.73. The molecule has 0 bridgehead atoms. The lowest BCUT2D eigenvalue weighted by Crippen LogP contribution is -2.51. The van der Waals surface area contributed by atoms with Crippen LogP contribution in [0.5, 0.6) is 11.5 Å². The number of carbonyl (C=O) groups is 1. The van der Waals surface area contributed by atoms with Crippen molar-refractivity contribution >= 4 is 15.9 Å². The molecule has 186 valence electrons. The summed E-state index contributed by atoms with van der Waals surface area (Å²) in [5.74, 6) is 0.515. The number of nitrogens with one attached hydrogen (secondary N) is 1. The molecule has 0 spiro atoms. The molecular weight excluding hydrogens is 442 g/mol. The van der Waals surface area contributed by atoms with Crippen LogP contribution < -0.4 is 14.2 Å². The van der Waals surface area contributed by atoms with E-state index in [0.29, 0.717) is 37.3 Å². The number of nitrogens with zero attached hydrogens (tertiary/aromatic N) is 2. The molecule has 1 heterocycles. The molecule has 1 amide bonds. The van der Waals surface area contributed by atoms with E-state index in [9.17, 15) is 13.2 Å². The molecule has 1 atom stereocenters. The fourth-order valence-electron chi connectivity index (χ4n) is 4.38. The Balaban J connectivity index is 1.65. The average molecular weight is 482 g/mol. The zero-order valence-electron chi connectivity index (χ0n) is 20.4. The van der Waals surface area contributed by atoms with E-state index in [4.69, 9.17) is 9.47 Å². The Morgan fingerprint density at radius 2 is 1.70 bits per heavy atom. The van der Waals surface area contributed by atoms with Crippen molar-refractivity contribution in [2.75, 3.05) is 40.4 Å². The number of hydrogen-bond acceptors (Lipinski definition) is 6. The summed E-state index contributed by atoms with van der Waals surface area (Å²) in [6.45, 7) is 6.02. The first kappa shape index (κ1) is 25.8. The molecule has 1 aliphatic heterocycles. The molecule has 1 N–H and O–H groups in total. The van der Waals surface area contributed by atoms with Crippen LogP contribution in [0.15, 0.2) is 23.1 Å². The Labute approximate surface area is 198 Å². The van der Waals surface area contributed by atoms with Gasteiger partial charge in [0.1, 0.15) is 6.04 Å². The summed E-state index contributed by atoms with van der Waals surface area (Å²) in [6.07, 6.45) is 6.99. The van der Waals surface area contributed by atoms with Gasteiger partial charge >= 0.3 is 0 Å². The number of amides is 1. The van der Waals surface area contributed by atoms with E-state index in [-0.39, 0.29) is 16.7 Å². The Morgan fingerprint density at radius 3 is 2.36 bits per heavy atom. The summed E-state index contributed by atoms with van der Waals surface area (Å²) in [4.78, 5) is 17.2. The second-order valence-electron chi connectivity index (χ2n) is 9.53. The third-order valence-electron chi connectivity index (χ3n) is 6.61. The van der Waals surface area contributed by atoms with Gasteiger partial charge in [-0.25, -0.2) is 8.42 Å². The molecule has 1 saturated carbocycles. The van der Waals surface area contributed by atoms with Crippen LogP contribution in [0.2, 0.25) is 0 Å². The highest BCUT2D eigenvalue weighted by Crippen LogP contribution is 2.32. The molecule has 1 aliphatic carbocycles. The summed E-state index contributed by atoms with van der Waals surface area (Å²) < 4.78 is 40.1. The Kier molecular flexibility index (Phi) is 9.01. The smallest absolute Gasteiger partial charge is 0.241 e. The molecule has 0 radical (unpaired) electrons. The lowest BCUT2D eigenvalue weighted by atomic mass is 9.94. The van der Waals surface area contributed by atoms with Crippen molar-refractivity contribution in [1.29, 1.82) is 0 Å². The van der Waals surface area contributed by atoms with Gasteiger partial charge in [-0.2, -0.15) is 4.72 Å². The molecule has 1 fully saturated rings. The van der Waals surface area contributed by atoms with Gasteiger partial charge < -0.3 is 19.3 Å². The standard InChI is InChI=1S/C24H39N3O5S/c1-18(2)23(24(28)27(4)14-13-26(3)19-9-6-5-7-10-19)25-33(29,30)20-11-12-21-22(17-20)32-16-8-15-31-21/h11-12,17-19,23,25H,5-10,13-16H2,1-4H3. The second kappa shape index (κ2) is 11.5. The number of carbonyl (C=O) groups excluding carboxylic acids is 1. The van der Waals surface area contributed by atoms with Crippen molar-refractivity contribution in [3.63, 3.8) is 0 Å². The van der Waals surface area contributed by atoms with Gasteiger partial charge in [-0.05, 0) is 37.9 Å². The first-order chi connectivity index (χ1) is 15.7. The molecule has 1 unspecified atom stereocenters. The molecule has 2 aliphatic rings. The SMILES string of the molecule is CC(C)C(NS(=O)(=O)c1ccc2c(c1)OCCCO2)C(=O)N(C)CCN(C)C1CCCCC1. The molecule has 3 rings (SSSR count). The van der Waals surface area contributed by atoms with Gasteiger partial charge in [0.25, 0.3) is 0 Å². The van der Waals surface area contributed by atoms with E-state index in [1.54, 1.807) is 18.0 Å². The molecule has 8 nitrogen and oxygen atoms in total. The zero-order valence-corrected chi connectivity index (χ0v) is 21.2. The maximum Gasteiger partial charge on any atom is 0.241 e. The first-order valence-electron chi connectivity index (χ1n) is 12.1. The van der Waals surface area contributed by atoms with Crippen molar-refractivity contribution < 1.29 is 22.7 Å². The van der Waals surface area contributed by atoms with E-state index >= 15 is 0 Å². The second-order valence-corrected chi connectivity index (χ2v) is 11.2. The van der Waals surface area contributed by atoms with Crippen LogP contribution in [0, 0.1) is 5.92 Å². The number of likely N-dealkylation sites (N-methyl/N-ethyl adjacent to an activating group) is 2. The lowest BCUT2D eigenvalue weighted by molar-refractivity contribution is -0.132. The highest BCUT2D eigenvalue weighted by Gasteiger charge is 2.31. The summed E-state index contributed by atoms with van der Waals surface area (Å²) >= 11 is 0. The molecule has 1 aromatic carbocycles. The normalized spacial score (nSPS) is 18.2. The average Bonchev–Trinajstić information content (AvgIpc) is 3.05. The Hall–Kier alpha value is -1.84. The predicted molar refractivity (Wildman–Crippen MR) is 128 cm³/mol.